The van der Waals surface area contributed by atoms with Crippen molar-refractivity contribution in [2.75, 3.05) is 6.54 Å². The highest BCUT2D eigenvalue weighted by Gasteiger charge is 2.27. The van der Waals surface area contributed by atoms with Crippen molar-refractivity contribution < 1.29 is 4.79 Å². The van der Waals surface area contributed by atoms with E-state index in [1.54, 1.807) is 6.07 Å². The van der Waals surface area contributed by atoms with Crippen molar-refractivity contribution in [3.05, 3.63) is 34.9 Å². The molecule has 1 saturated carbocycles. The summed E-state index contributed by atoms with van der Waals surface area (Å²) in [4.78, 5) is 11.9. The fourth-order valence-electron chi connectivity index (χ4n) is 2.58. The summed E-state index contributed by atoms with van der Waals surface area (Å²) in [5, 5.41) is 3.58. The van der Waals surface area contributed by atoms with Crippen molar-refractivity contribution in [1.82, 2.24) is 5.32 Å². The van der Waals surface area contributed by atoms with Gasteiger partial charge in [-0.25, -0.2) is 0 Å². The van der Waals surface area contributed by atoms with E-state index in [1.807, 2.05) is 18.2 Å². The zero-order chi connectivity index (χ0) is 13.7. The van der Waals surface area contributed by atoms with Gasteiger partial charge in [-0.1, -0.05) is 49.1 Å². The van der Waals surface area contributed by atoms with Gasteiger partial charge in [0.2, 0.25) is 5.91 Å². The Balaban J connectivity index is 0.00000200. The van der Waals surface area contributed by atoms with Crippen LogP contribution in [0.3, 0.4) is 0 Å². The standard InChI is InChI=1S/C15H21ClN2O.ClH/c16-13-7-3-2-6-12(13)10-14(19)18-11-15(17)8-4-1-5-9-15;/h2-3,6-7H,1,4-5,8-11,17H2,(H,18,19);1H. The average Bonchev–Trinajstić information content (AvgIpc) is 2.40. The molecule has 0 aliphatic heterocycles. The largest absolute Gasteiger partial charge is 0.354 e. The molecule has 0 bridgehead atoms. The van der Waals surface area contributed by atoms with Crippen LogP contribution in [-0.2, 0) is 11.2 Å². The zero-order valence-electron chi connectivity index (χ0n) is 11.5. The fourth-order valence-corrected chi connectivity index (χ4v) is 2.79. The van der Waals surface area contributed by atoms with Gasteiger partial charge in [-0.3, -0.25) is 4.79 Å². The predicted molar refractivity (Wildman–Crippen MR) is 85.4 cm³/mol. The molecule has 0 atom stereocenters. The van der Waals surface area contributed by atoms with Crippen LogP contribution in [0.1, 0.15) is 37.7 Å². The molecule has 0 heterocycles. The third-order valence-corrected chi connectivity index (χ3v) is 4.16. The van der Waals surface area contributed by atoms with E-state index in [0.717, 1.165) is 31.2 Å². The lowest BCUT2D eigenvalue weighted by atomic mass is 9.82. The second kappa shape index (κ2) is 7.87. The van der Waals surface area contributed by atoms with Gasteiger partial charge in [0.05, 0.1) is 6.42 Å². The lowest BCUT2D eigenvalue weighted by Crippen LogP contribution is -2.51. The number of amides is 1. The molecule has 0 unspecified atom stereocenters. The number of benzene rings is 1. The van der Waals surface area contributed by atoms with E-state index in [4.69, 9.17) is 17.3 Å². The lowest BCUT2D eigenvalue weighted by Gasteiger charge is -2.33. The quantitative estimate of drug-likeness (QED) is 0.896. The summed E-state index contributed by atoms with van der Waals surface area (Å²) in [5.41, 5.74) is 6.93. The number of hydrogen-bond donors (Lipinski definition) is 2. The first-order valence-corrected chi connectivity index (χ1v) is 7.26. The van der Waals surface area contributed by atoms with Crippen LogP contribution in [0.4, 0.5) is 0 Å². The maximum atomic E-state index is 11.9. The summed E-state index contributed by atoms with van der Waals surface area (Å²) in [7, 11) is 0. The Morgan fingerprint density at radius 1 is 1.25 bits per heavy atom. The number of carbonyl (C=O) groups is 1. The molecule has 1 aliphatic rings. The van der Waals surface area contributed by atoms with Gasteiger partial charge in [0, 0.05) is 17.1 Å². The highest BCUT2D eigenvalue weighted by molar-refractivity contribution is 6.31. The first-order chi connectivity index (χ1) is 9.09. The summed E-state index contributed by atoms with van der Waals surface area (Å²) >= 11 is 6.04. The molecule has 1 aromatic carbocycles. The molecule has 2 rings (SSSR count). The van der Waals surface area contributed by atoms with Crippen molar-refractivity contribution in [2.24, 2.45) is 5.73 Å². The SMILES string of the molecule is Cl.NC1(CNC(=O)Cc2ccccc2Cl)CCCCC1. The van der Waals surface area contributed by atoms with Crippen LogP contribution in [-0.4, -0.2) is 18.0 Å². The van der Waals surface area contributed by atoms with Crippen LogP contribution < -0.4 is 11.1 Å². The molecule has 0 saturated heterocycles. The van der Waals surface area contributed by atoms with E-state index in [2.05, 4.69) is 5.32 Å². The van der Waals surface area contributed by atoms with Gasteiger partial charge in [-0.15, -0.1) is 12.4 Å². The van der Waals surface area contributed by atoms with Crippen LogP contribution >= 0.6 is 24.0 Å². The minimum Gasteiger partial charge on any atom is -0.354 e. The van der Waals surface area contributed by atoms with Crippen LogP contribution in [0.25, 0.3) is 0 Å². The molecular weight excluding hydrogens is 295 g/mol. The summed E-state index contributed by atoms with van der Waals surface area (Å²) in [5.74, 6) is -0.0106. The van der Waals surface area contributed by atoms with Crippen molar-refractivity contribution in [3.8, 4) is 0 Å². The Morgan fingerprint density at radius 3 is 2.55 bits per heavy atom. The molecule has 1 fully saturated rings. The first-order valence-electron chi connectivity index (χ1n) is 6.88. The molecule has 1 aromatic rings. The lowest BCUT2D eigenvalue weighted by molar-refractivity contribution is -0.120. The van der Waals surface area contributed by atoms with Crippen molar-refractivity contribution in [3.63, 3.8) is 0 Å². The molecule has 0 radical (unpaired) electrons. The third kappa shape index (κ3) is 4.97. The van der Waals surface area contributed by atoms with Gasteiger partial charge in [0.1, 0.15) is 0 Å². The van der Waals surface area contributed by atoms with Crippen LogP contribution in [0.5, 0.6) is 0 Å². The van der Waals surface area contributed by atoms with E-state index in [-0.39, 0.29) is 23.9 Å². The maximum absolute atomic E-state index is 11.9. The molecule has 3 nitrogen and oxygen atoms in total. The zero-order valence-corrected chi connectivity index (χ0v) is 13.1. The average molecular weight is 317 g/mol. The smallest absolute Gasteiger partial charge is 0.224 e. The number of nitrogens with two attached hydrogens (primary N) is 1. The minimum absolute atomic E-state index is 0. The molecule has 1 aliphatic carbocycles. The van der Waals surface area contributed by atoms with Crippen LogP contribution in [0, 0.1) is 0 Å². The molecule has 20 heavy (non-hydrogen) atoms. The van der Waals surface area contributed by atoms with E-state index < -0.39 is 0 Å². The maximum Gasteiger partial charge on any atom is 0.224 e. The number of halogens is 2. The molecule has 112 valence electrons. The number of rotatable bonds is 4. The number of hydrogen-bond acceptors (Lipinski definition) is 2. The Labute approximate surface area is 131 Å². The monoisotopic (exact) mass is 316 g/mol. The third-order valence-electron chi connectivity index (χ3n) is 3.80. The summed E-state index contributed by atoms with van der Waals surface area (Å²) < 4.78 is 0. The fraction of sp³-hybridized carbons (Fsp3) is 0.533. The summed E-state index contributed by atoms with van der Waals surface area (Å²) in [6, 6.07) is 7.43. The van der Waals surface area contributed by atoms with E-state index in [1.165, 1.54) is 6.42 Å². The van der Waals surface area contributed by atoms with Crippen molar-refractivity contribution >= 4 is 29.9 Å². The van der Waals surface area contributed by atoms with E-state index in [0.29, 0.717) is 18.0 Å². The molecule has 0 aromatic heterocycles. The summed E-state index contributed by atoms with van der Waals surface area (Å²) in [6.07, 6.45) is 5.90. The van der Waals surface area contributed by atoms with Gasteiger partial charge in [0.25, 0.3) is 0 Å². The Bertz CT molecular complexity index is 445. The topological polar surface area (TPSA) is 55.1 Å². The highest BCUT2D eigenvalue weighted by Crippen LogP contribution is 2.25. The Morgan fingerprint density at radius 2 is 1.90 bits per heavy atom. The first kappa shape index (κ1) is 17.3. The Hall–Kier alpha value is -0.770. The van der Waals surface area contributed by atoms with Gasteiger partial charge in [-0.05, 0) is 24.5 Å². The minimum atomic E-state index is -0.214. The second-order valence-electron chi connectivity index (χ2n) is 5.47. The van der Waals surface area contributed by atoms with Crippen molar-refractivity contribution in [1.29, 1.82) is 0 Å². The highest BCUT2D eigenvalue weighted by atomic mass is 35.5. The molecular formula is C15H22Cl2N2O. The van der Waals surface area contributed by atoms with Gasteiger partial charge < -0.3 is 11.1 Å². The number of carbonyl (C=O) groups excluding carboxylic acids is 1. The normalized spacial score (nSPS) is 17.1. The van der Waals surface area contributed by atoms with Crippen molar-refractivity contribution in [2.45, 2.75) is 44.1 Å². The molecule has 0 spiro atoms. The van der Waals surface area contributed by atoms with E-state index in [9.17, 15) is 4.79 Å². The van der Waals surface area contributed by atoms with Gasteiger partial charge >= 0.3 is 0 Å². The predicted octanol–water partition coefficient (Wildman–Crippen LogP) is 3.08. The van der Waals surface area contributed by atoms with Crippen LogP contribution in [0.2, 0.25) is 5.02 Å². The van der Waals surface area contributed by atoms with Gasteiger partial charge in [0.15, 0.2) is 0 Å². The van der Waals surface area contributed by atoms with Crippen LogP contribution in [0.15, 0.2) is 24.3 Å². The number of nitrogens with one attached hydrogen (secondary N) is 1. The summed E-state index contributed by atoms with van der Waals surface area (Å²) in [6.45, 7) is 0.566. The second-order valence-corrected chi connectivity index (χ2v) is 5.88. The van der Waals surface area contributed by atoms with Gasteiger partial charge in [-0.2, -0.15) is 0 Å². The molecule has 5 heteroatoms. The van der Waals surface area contributed by atoms with E-state index >= 15 is 0 Å². The molecule has 1 amide bonds. The Kier molecular flexibility index (Phi) is 6.80. The molecule has 3 N–H and O–H groups in total.